The van der Waals surface area contributed by atoms with Gasteiger partial charge in [-0.1, -0.05) is 25.1 Å². The lowest BCUT2D eigenvalue weighted by molar-refractivity contribution is 0.424. The fourth-order valence-corrected chi connectivity index (χ4v) is 3.76. The monoisotopic (exact) mass is 397 g/mol. The summed E-state index contributed by atoms with van der Waals surface area (Å²) in [4.78, 5) is 6.57. The van der Waals surface area contributed by atoms with E-state index < -0.39 is 10.0 Å². The van der Waals surface area contributed by atoms with E-state index in [9.17, 15) is 8.42 Å². The molecular formula is C19H35N5O2S. The third-order valence-electron chi connectivity index (χ3n) is 4.32. The Labute approximate surface area is 164 Å². The van der Waals surface area contributed by atoms with Gasteiger partial charge in [0.1, 0.15) is 0 Å². The highest BCUT2D eigenvalue weighted by molar-refractivity contribution is 7.88. The second-order valence-corrected chi connectivity index (χ2v) is 8.29. The van der Waals surface area contributed by atoms with Gasteiger partial charge in [-0.3, -0.25) is 4.99 Å². The summed E-state index contributed by atoms with van der Waals surface area (Å²) in [5.74, 6) is 0.750. The minimum absolute atomic E-state index is 0.501. The minimum atomic E-state index is -3.12. The molecular weight excluding hydrogens is 362 g/mol. The van der Waals surface area contributed by atoms with Crippen LogP contribution in [-0.4, -0.2) is 71.3 Å². The number of para-hydroxylation sites is 1. The van der Waals surface area contributed by atoms with Crippen LogP contribution in [-0.2, 0) is 10.0 Å². The van der Waals surface area contributed by atoms with E-state index in [0.29, 0.717) is 19.6 Å². The quantitative estimate of drug-likeness (QED) is 0.319. The van der Waals surface area contributed by atoms with Crippen LogP contribution < -0.4 is 15.5 Å². The van der Waals surface area contributed by atoms with Gasteiger partial charge in [-0.25, -0.2) is 12.7 Å². The molecule has 0 aromatic heterocycles. The van der Waals surface area contributed by atoms with Crippen LogP contribution in [0, 0.1) is 0 Å². The Balaban J connectivity index is 2.26. The summed E-state index contributed by atoms with van der Waals surface area (Å²) < 4.78 is 24.6. The van der Waals surface area contributed by atoms with Crippen molar-refractivity contribution in [3.8, 4) is 0 Å². The Hall–Kier alpha value is -1.80. The predicted octanol–water partition coefficient (Wildman–Crippen LogP) is 1.74. The van der Waals surface area contributed by atoms with Crippen molar-refractivity contribution in [3.05, 3.63) is 30.3 Å². The van der Waals surface area contributed by atoms with Crippen LogP contribution in [0.4, 0.5) is 5.69 Å². The first-order valence-corrected chi connectivity index (χ1v) is 11.5. The minimum Gasteiger partial charge on any atom is -0.372 e. The molecule has 1 aromatic rings. The largest absolute Gasteiger partial charge is 0.372 e. The highest BCUT2D eigenvalue weighted by atomic mass is 32.2. The van der Waals surface area contributed by atoms with Crippen molar-refractivity contribution in [2.24, 2.45) is 4.99 Å². The summed E-state index contributed by atoms with van der Waals surface area (Å²) in [5, 5.41) is 6.55. The first-order chi connectivity index (χ1) is 12.9. The summed E-state index contributed by atoms with van der Waals surface area (Å²) >= 11 is 0. The number of aliphatic imine (C=N–C) groups is 1. The van der Waals surface area contributed by atoms with E-state index in [1.807, 2.05) is 13.0 Å². The zero-order valence-corrected chi connectivity index (χ0v) is 17.9. The number of hydrogen-bond donors (Lipinski definition) is 2. The molecule has 0 radical (unpaired) electrons. The summed E-state index contributed by atoms with van der Waals surface area (Å²) in [7, 11) is -1.37. The average molecular weight is 398 g/mol. The molecule has 0 amide bonds. The molecule has 1 rings (SSSR count). The van der Waals surface area contributed by atoms with Gasteiger partial charge in [0.2, 0.25) is 10.0 Å². The van der Waals surface area contributed by atoms with Crippen molar-refractivity contribution in [1.29, 1.82) is 0 Å². The Morgan fingerprint density at radius 2 is 1.59 bits per heavy atom. The van der Waals surface area contributed by atoms with Gasteiger partial charge in [0.25, 0.3) is 0 Å². The average Bonchev–Trinajstić information content (AvgIpc) is 2.66. The molecule has 154 valence electrons. The topological polar surface area (TPSA) is 77.0 Å². The van der Waals surface area contributed by atoms with Crippen molar-refractivity contribution in [2.45, 2.75) is 26.7 Å². The molecule has 1 aromatic carbocycles. The van der Waals surface area contributed by atoms with Gasteiger partial charge in [-0.05, 0) is 31.9 Å². The van der Waals surface area contributed by atoms with Crippen molar-refractivity contribution in [1.82, 2.24) is 14.9 Å². The van der Waals surface area contributed by atoms with Gasteiger partial charge in [-0.15, -0.1) is 0 Å². The summed E-state index contributed by atoms with van der Waals surface area (Å²) in [6, 6.07) is 10.4. The van der Waals surface area contributed by atoms with Crippen LogP contribution in [0.1, 0.15) is 26.7 Å². The standard InChI is InChI=1S/C19H35N5O2S/c1-5-23(18-12-8-7-9-13-18)16-10-14-21-19(20-3)22-15-11-17-24(6-2)27(4,25)26/h7-9,12-13H,5-6,10-11,14-17H2,1-4H3,(H2,20,21,22). The van der Waals surface area contributed by atoms with Gasteiger partial charge in [-0.2, -0.15) is 0 Å². The fourth-order valence-electron chi connectivity index (χ4n) is 2.83. The molecule has 27 heavy (non-hydrogen) atoms. The molecule has 0 aliphatic carbocycles. The van der Waals surface area contributed by atoms with E-state index >= 15 is 0 Å². The molecule has 2 N–H and O–H groups in total. The summed E-state index contributed by atoms with van der Waals surface area (Å²) in [6.07, 6.45) is 2.99. The van der Waals surface area contributed by atoms with E-state index in [-0.39, 0.29) is 0 Å². The Morgan fingerprint density at radius 3 is 2.07 bits per heavy atom. The molecule has 0 spiro atoms. The maximum absolute atomic E-state index is 11.6. The summed E-state index contributed by atoms with van der Waals surface area (Å²) in [6.45, 7) is 8.49. The normalized spacial score (nSPS) is 12.3. The van der Waals surface area contributed by atoms with Gasteiger partial charge in [0.05, 0.1) is 6.26 Å². The van der Waals surface area contributed by atoms with E-state index in [1.54, 1.807) is 7.05 Å². The molecule has 0 unspecified atom stereocenters. The maximum Gasteiger partial charge on any atom is 0.211 e. The number of benzene rings is 1. The number of nitrogens with zero attached hydrogens (tertiary/aromatic N) is 3. The Morgan fingerprint density at radius 1 is 1.00 bits per heavy atom. The summed E-state index contributed by atoms with van der Waals surface area (Å²) in [5.41, 5.74) is 1.24. The number of hydrogen-bond acceptors (Lipinski definition) is 4. The van der Waals surface area contributed by atoms with E-state index in [2.05, 4.69) is 51.7 Å². The van der Waals surface area contributed by atoms with Crippen LogP contribution in [0.15, 0.2) is 35.3 Å². The van der Waals surface area contributed by atoms with Crippen molar-refractivity contribution < 1.29 is 8.42 Å². The van der Waals surface area contributed by atoms with Crippen LogP contribution >= 0.6 is 0 Å². The van der Waals surface area contributed by atoms with Crippen LogP contribution in [0.2, 0.25) is 0 Å². The number of guanidine groups is 1. The molecule has 0 saturated heterocycles. The van der Waals surface area contributed by atoms with E-state index in [4.69, 9.17) is 0 Å². The lowest BCUT2D eigenvalue weighted by Crippen LogP contribution is -2.40. The molecule has 0 aliphatic rings. The number of sulfonamides is 1. The molecule has 0 saturated carbocycles. The Kier molecular flexibility index (Phi) is 10.8. The molecule has 7 nitrogen and oxygen atoms in total. The third kappa shape index (κ3) is 9.10. The van der Waals surface area contributed by atoms with Gasteiger partial charge in [0, 0.05) is 52.0 Å². The third-order valence-corrected chi connectivity index (χ3v) is 5.70. The molecule has 0 heterocycles. The van der Waals surface area contributed by atoms with Gasteiger partial charge < -0.3 is 15.5 Å². The number of nitrogens with one attached hydrogen (secondary N) is 2. The first-order valence-electron chi connectivity index (χ1n) is 9.62. The maximum atomic E-state index is 11.6. The lowest BCUT2D eigenvalue weighted by atomic mass is 10.2. The van der Waals surface area contributed by atoms with Gasteiger partial charge in [0.15, 0.2) is 5.96 Å². The fraction of sp³-hybridized carbons (Fsp3) is 0.632. The van der Waals surface area contributed by atoms with Crippen LogP contribution in [0.25, 0.3) is 0 Å². The molecule has 0 aliphatic heterocycles. The first kappa shape index (κ1) is 23.2. The molecule has 8 heteroatoms. The van der Waals surface area contributed by atoms with Gasteiger partial charge >= 0.3 is 0 Å². The van der Waals surface area contributed by atoms with Crippen LogP contribution in [0.3, 0.4) is 0 Å². The highest BCUT2D eigenvalue weighted by Gasteiger charge is 2.13. The lowest BCUT2D eigenvalue weighted by Gasteiger charge is -2.23. The predicted molar refractivity (Wildman–Crippen MR) is 115 cm³/mol. The van der Waals surface area contributed by atoms with Crippen LogP contribution in [0.5, 0.6) is 0 Å². The Bertz CT molecular complexity index is 649. The zero-order valence-electron chi connectivity index (χ0n) is 17.1. The van der Waals surface area contributed by atoms with Crippen molar-refractivity contribution in [3.63, 3.8) is 0 Å². The smallest absolute Gasteiger partial charge is 0.211 e. The second kappa shape index (κ2) is 12.6. The molecule has 0 atom stereocenters. The van der Waals surface area contributed by atoms with Crippen molar-refractivity contribution in [2.75, 3.05) is 57.5 Å². The van der Waals surface area contributed by atoms with E-state index in [0.717, 1.165) is 38.4 Å². The molecule has 0 fully saturated rings. The zero-order chi connectivity index (χ0) is 20.1. The molecule has 0 bridgehead atoms. The van der Waals surface area contributed by atoms with E-state index in [1.165, 1.54) is 16.2 Å². The number of rotatable bonds is 12. The second-order valence-electron chi connectivity index (χ2n) is 6.30. The SMILES string of the molecule is CCN(CCCNC(=NC)NCCCN(CC)S(C)(=O)=O)c1ccccc1. The highest BCUT2D eigenvalue weighted by Crippen LogP contribution is 2.12. The number of anilines is 1. The van der Waals surface area contributed by atoms with Crippen molar-refractivity contribution >= 4 is 21.7 Å².